The average Bonchev–Trinajstić information content (AvgIpc) is 3.05. The highest BCUT2D eigenvalue weighted by Gasteiger charge is 2.48. The van der Waals surface area contributed by atoms with Gasteiger partial charge in [0.2, 0.25) is 5.91 Å². The van der Waals surface area contributed by atoms with Gasteiger partial charge < -0.3 is 43.2 Å². The largest absolute Gasteiger partial charge is 0.495 e. The van der Waals surface area contributed by atoms with Crippen molar-refractivity contribution in [1.29, 1.82) is 0 Å². The standard InChI is InChI=1S/C35H51ClN2O11S/c1-21-10-9-11-28(44-8)35(42)20-27(47-33(41)37-35)22(2)49-34(4,5)29(48-32(40)23(3)46-13-12-45-14-15-50)19-30(39)38(6)25-17-24(16-21)18-26(43-7)31(25)36/h9-11,17-18,22-23,27-29,42,50H,12-16,19-20H2,1-8H3,(H,37,41)/b11-9+,21-10+/t22?,23-,27-,28+,29-,35-/m0/s1. The number of carbonyl (C=O) groups is 3. The fourth-order valence-corrected chi connectivity index (χ4v) is 6.15. The van der Waals surface area contributed by atoms with E-state index in [2.05, 4.69) is 17.9 Å². The number of nitrogens with one attached hydrogen (secondary N) is 1. The summed E-state index contributed by atoms with van der Waals surface area (Å²) >= 11 is 10.8. The van der Waals surface area contributed by atoms with Gasteiger partial charge in [-0.1, -0.05) is 35.4 Å². The smallest absolute Gasteiger partial charge is 0.409 e. The molecule has 1 saturated heterocycles. The molecule has 0 aliphatic carbocycles. The number of halogens is 1. The highest BCUT2D eigenvalue weighted by atomic mass is 35.5. The van der Waals surface area contributed by atoms with Crippen LogP contribution in [0.5, 0.6) is 5.75 Å². The first kappa shape index (κ1) is 41.6. The van der Waals surface area contributed by atoms with E-state index in [-0.39, 0.29) is 31.1 Å². The lowest BCUT2D eigenvalue weighted by Gasteiger charge is -2.44. The number of benzene rings is 1. The van der Waals surface area contributed by atoms with E-state index in [1.54, 1.807) is 59.0 Å². The molecule has 15 heteroatoms. The molecule has 2 N–H and O–H groups in total. The first-order valence-electron chi connectivity index (χ1n) is 16.4. The molecule has 0 radical (unpaired) electrons. The fourth-order valence-electron chi connectivity index (χ4n) is 5.70. The first-order valence-corrected chi connectivity index (χ1v) is 17.5. The van der Waals surface area contributed by atoms with Crippen LogP contribution >= 0.6 is 24.2 Å². The van der Waals surface area contributed by atoms with E-state index in [4.69, 9.17) is 44.8 Å². The van der Waals surface area contributed by atoms with E-state index in [9.17, 15) is 19.5 Å². The number of anilines is 1. The normalized spacial score (nSPS) is 28.5. The molecule has 3 rings (SSSR count). The van der Waals surface area contributed by atoms with Crippen LogP contribution in [0.25, 0.3) is 0 Å². The molecule has 0 spiro atoms. The molecule has 13 nitrogen and oxygen atoms in total. The molecule has 2 aliphatic rings. The van der Waals surface area contributed by atoms with Gasteiger partial charge in [0.15, 0.2) is 11.8 Å². The average molecular weight is 743 g/mol. The van der Waals surface area contributed by atoms with Gasteiger partial charge in [-0.2, -0.15) is 12.6 Å². The van der Waals surface area contributed by atoms with Gasteiger partial charge in [0.1, 0.15) is 34.7 Å². The highest BCUT2D eigenvalue weighted by molar-refractivity contribution is 7.80. The lowest BCUT2D eigenvalue weighted by atomic mass is 9.93. The van der Waals surface area contributed by atoms with Crippen LogP contribution in [0.15, 0.2) is 35.9 Å². The van der Waals surface area contributed by atoms with Crippen molar-refractivity contribution in [3.8, 4) is 5.75 Å². The van der Waals surface area contributed by atoms with Crippen molar-refractivity contribution < 1.29 is 52.6 Å². The number of hydrogen-bond acceptors (Lipinski definition) is 12. The summed E-state index contributed by atoms with van der Waals surface area (Å²) in [4.78, 5) is 41.4. The number of hydrogen-bond donors (Lipinski definition) is 3. The maximum absolute atomic E-state index is 14.0. The minimum Gasteiger partial charge on any atom is -0.495 e. The van der Waals surface area contributed by atoms with Gasteiger partial charge in [0.25, 0.3) is 0 Å². The molecule has 2 heterocycles. The van der Waals surface area contributed by atoms with Crippen LogP contribution in [0.3, 0.4) is 0 Å². The van der Waals surface area contributed by atoms with Crippen LogP contribution in [0, 0.1) is 0 Å². The number of amides is 2. The van der Waals surface area contributed by atoms with E-state index in [0.717, 1.165) is 11.1 Å². The summed E-state index contributed by atoms with van der Waals surface area (Å²) in [6.07, 6.45) is -0.446. The Bertz CT molecular complexity index is 1410. The number of ether oxygens (including phenoxy) is 7. The Morgan fingerprint density at radius 1 is 1.22 bits per heavy atom. The number of allylic oxidation sites excluding steroid dienone is 3. The second kappa shape index (κ2) is 18.6. The maximum atomic E-state index is 14.0. The van der Waals surface area contributed by atoms with Gasteiger partial charge in [-0.05, 0) is 58.7 Å². The summed E-state index contributed by atoms with van der Waals surface area (Å²) in [5, 5.41) is 14.3. The van der Waals surface area contributed by atoms with Crippen LogP contribution in [0.1, 0.15) is 53.0 Å². The molecule has 1 fully saturated rings. The van der Waals surface area contributed by atoms with Crippen LogP contribution in [0.2, 0.25) is 5.02 Å². The number of nitrogens with zero attached hydrogens (tertiary/aromatic N) is 1. The third kappa shape index (κ3) is 11.1. The summed E-state index contributed by atoms with van der Waals surface area (Å²) < 4.78 is 40.1. The van der Waals surface area contributed by atoms with Crippen molar-refractivity contribution in [2.24, 2.45) is 0 Å². The molecule has 4 bridgehead atoms. The minimum atomic E-state index is -1.84. The highest BCUT2D eigenvalue weighted by Crippen LogP contribution is 2.38. The Morgan fingerprint density at radius 3 is 2.60 bits per heavy atom. The van der Waals surface area contributed by atoms with E-state index < -0.39 is 59.8 Å². The van der Waals surface area contributed by atoms with Crippen molar-refractivity contribution in [2.75, 3.05) is 51.7 Å². The molecule has 0 saturated carbocycles. The number of methoxy groups -OCH3 is 2. The number of rotatable bonds is 10. The minimum absolute atomic E-state index is 0.0993. The second-order valence-electron chi connectivity index (χ2n) is 12.9. The molecule has 2 amide bonds. The quantitative estimate of drug-likeness (QED) is 0.178. The number of alkyl carbamates (subject to hydrolysis) is 1. The van der Waals surface area contributed by atoms with Crippen molar-refractivity contribution >= 4 is 47.9 Å². The van der Waals surface area contributed by atoms with Crippen molar-refractivity contribution in [3.63, 3.8) is 0 Å². The first-order chi connectivity index (χ1) is 23.5. The third-order valence-corrected chi connectivity index (χ3v) is 9.13. The molecule has 6 atom stereocenters. The Kier molecular flexibility index (Phi) is 15.5. The summed E-state index contributed by atoms with van der Waals surface area (Å²) in [5.41, 5.74) is -1.03. The Hall–Kier alpha value is -2.85. The van der Waals surface area contributed by atoms with Gasteiger partial charge in [-0.15, -0.1) is 0 Å². The zero-order valence-corrected chi connectivity index (χ0v) is 31.7. The van der Waals surface area contributed by atoms with Crippen LogP contribution in [0.4, 0.5) is 10.5 Å². The number of fused-ring (bicyclic) bond motifs is 4. The summed E-state index contributed by atoms with van der Waals surface area (Å²) in [6, 6.07) is 3.59. The van der Waals surface area contributed by atoms with Gasteiger partial charge in [0, 0.05) is 26.3 Å². The van der Waals surface area contributed by atoms with E-state index in [1.807, 2.05) is 13.0 Å². The summed E-state index contributed by atoms with van der Waals surface area (Å²) in [6.45, 7) is 9.29. The molecule has 1 unspecified atom stereocenters. The third-order valence-electron chi connectivity index (χ3n) is 8.57. The summed E-state index contributed by atoms with van der Waals surface area (Å²) in [7, 11) is 4.49. The molecule has 1 aromatic carbocycles. The molecule has 1 aromatic rings. The molecular formula is C35H51ClN2O11S. The van der Waals surface area contributed by atoms with Crippen LogP contribution in [-0.2, 0) is 44.4 Å². The van der Waals surface area contributed by atoms with E-state index in [1.165, 1.54) is 19.1 Å². The van der Waals surface area contributed by atoms with Gasteiger partial charge >= 0.3 is 12.1 Å². The number of aliphatic hydroxyl groups is 1. The lowest BCUT2D eigenvalue weighted by Crippen LogP contribution is -2.64. The topological polar surface area (TPSA) is 151 Å². The number of carbonyl (C=O) groups excluding carboxylic acids is 3. The maximum Gasteiger partial charge on any atom is 0.409 e. The molecule has 280 valence electrons. The Morgan fingerprint density at radius 2 is 1.94 bits per heavy atom. The Labute approximate surface area is 304 Å². The van der Waals surface area contributed by atoms with E-state index >= 15 is 0 Å². The molecule has 0 aromatic heterocycles. The van der Waals surface area contributed by atoms with Gasteiger partial charge in [-0.3, -0.25) is 10.1 Å². The van der Waals surface area contributed by atoms with Gasteiger partial charge in [-0.25, -0.2) is 9.59 Å². The number of esters is 1. The number of thiol groups is 1. The molecular weight excluding hydrogens is 692 g/mol. The molecule has 2 aliphatic heterocycles. The monoisotopic (exact) mass is 742 g/mol. The van der Waals surface area contributed by atoms with E-state index in [0.29, 0.717) is 30.2 Å². The summed E-state index contributed by atoms with van der Waals surface area (Å²) in [5.74, 6) is -0.222. The SMILES string of the molecule is COc1cc2cc(c1Cl)N(C)C(=O)C[C@H](OC(=O)[C@H](C)OCCOCCS)C(C)(C)OC(C)[C@@H]1C[C@@](O)(NC(=O)O1)[C@H](OC)/C=C/C=C(\C)C2. The predicted octanol–water partition coefficient (Wildman–Crippen LogP) is 4.41. The molecule has 50 heavy (non-hydrogen) atoms. The zero-order chi connectivity index (χ0) is 37.2. The Balaban J connectivity index is 2.06. The second-order valence-corrected chi connectivity index (χ2v) is 13.7. The van der Waals surface area contributed by atoms with Crippen LogP contribution < -0.4 is 15.0 Å². The van der Waals surface area contributed by atoms with Crippen molar-refractivity contribution in [2.45, 2.75) is 95.7 Å². The van der Waals surface area contributed by atoms with Gasteiger partial charge in [0.05, 0.1) is 45.1 Å². The van der Waals surface area contributed by atoms with Crippen molar-refractivity contribution in [1.82, 2.24) is 5.32 Å². The zero-order valence-electron chi connectivity index (χ0n) is 30.0. The lowest BCUT2D eigenvalue weighted by molar-refractivity contribution is -0.206. The van der Waals surface area contributed by atoms with Crippen molar-refractivity contribution in [3.05, 3.63) is 46.5 Å². The predicted molar refractivity (Wildman–Crippen MR) is 191 cm³/mol. The van der Waals surface area contributed by atoms with Crippen LogP contribution in [-0.4, -0.2) is 112 Å². The fraction of sp³-hybridized carbons (Fsp3) is 0.629.